The Morgan fingerprint density at radius 1 is 1.28 bits per heavy atom. The number of hydrogen-bond acceptors (Lipinski definition) is 4. The van der Waals surface area contributed by atoms with Crippen LogP contribution in [-0.4, -0.2) is 36.7 Å². The molecule has 1 amide bonds. The number of para-hydroxylation sites is 1. The van der Waals surface area contributed by atoms with E-state index in [4.69, 9.17) is 14.6 Å². The van der Waals surface area contributed by atoms with E-state index in [0.29, 0.717) is 29.9 Å². The summed E-state index contributed by atoms with van der Waals surface area (Å²) in [6.45, 7) is 0.355. The summed E-state index contributed by atoms with van der Waals surface area (Å²) in [5.41, 5.74) is 2.01. The quantitative estimate of drug-likeness (QED) is 0.869. The first kappa shape index (κ1) is 16.8. The molecule has 1 heterocycles. The number of ether oxygens (including phenoxy) is 2. The molecule has 6 nitrogen and oxygen atoms in total. The van der Waals surface area contributed by atoms with E-state index < -0.39 is 5.97 Å². The number of rotatable bonds is 5. The van der Waals surface area contributed by atoms with Crippen molar-refractivity contribution in [2.75, 3.05) is 13.7 Å². The summed E-state index contributed by atoms with van der Waals surface area (Å²) in [7, 11) is 1.59. The van der Waals surface area contributed by atoms with Crippen molar-refractivity contribution >= 4 is 11.9 Å². The number of carbonyl (C=O) groups excluding carboxylic acids is 1. The first-order valence-corrected chi connectivity index (χ1v) is 7.97. The SMILES string of the molecule is COc1cccc2c1OCC(NC(=O)c1cccc(CC(=O)O)c1)C2. The largest absolute Gasteiger partial charge is 0.493 e. The third-order valence-electron chi connectivity index (χ3n) is 4.06. The third kappa shape index (κ3) is 3.91. The fourth-order valence-corrected chi connectivity index (χ4v) is 2.91. The van der Waals surface area contributed by atoms with Crippen LogP contribution in [0, 0.1) is 0 Å². The molecule has 130 valence electrons. The number of fused-ring (bicyclic) bond motifs is 1. The van der Waals surface area contributed by atoms with Gasteiger partial charge in [-0.1, -0.05) is 24.3 Å². The van der Waals surface area contributed by atoms with Crippen LogP contribution in [0.1, 0.15) is 21.5 Å². The molecule has 3 rings (SSSR count). The molecule has 0 saturated heterocycles. The molecule has 1 unspecified atom stereocenters. The number of benzene rings is 2. The van der Waals surface area contributed by atoms with Gasteiger partial charge in [0.1, 0.15) is 6.61 Å². The molecule has 1 aliphatic heterocycles. The molecule has 1 atom stereocenters. The molecule has 1 aliphatic rings. The highest BCUT2D eigenvalue weighted by atomic mass is 16.5. The molecule has 0 bridgehead atoms. The van der Waals surface area contributed by atoms with Gasteiger partial charge in [0, 0.05) is 11.1 Å². The van der Waals surface area contributed by atoms with Gasteiger partial charge in [-0.2, -0.15) is 0 Å². The van der Waals surface area contributed by atoms with Gasteiger partial charge >= 0.3 is 5.97 Å². The molecule has 2 aromatic rings. The first-order chi connectivity index (χ1) is 12.1. The summed E-state index contributed by atoms with van der Waals surface area (Å²) in [4.78, 5) is 23.3. The number of amides is 1. The Morgan fingerprint density at radius 2 is 2.08 bits per heavy atom. The highest BCUT2D eigenvalue weighted by molar-refractivity contribution is 5.94. The number of carboxylic acids is 1. The van der Waals surface area contributed by atoms with Crippen molar-refractivity contribution in [1.82, 2.24) is 5.32 Å². The average molecular weight is 341 g/mol. The van der Waals surface area contributed by atoms with Crippen molar-refractivity contribution in [1.29, 1.82) is 0 Å². The number of methoxy groups -OCH3 is 1. The molecular weight excluding hydrogens is 322 g/mol. The van der Waals surface area contributed by atoms with Gasteiger partial charge in [-0.3, -0.25) is 9.59 Å². The number of carboxylic acid groups (broad SMARTS) is 1. The molecule has 0 spiro atoms. The summed E-state index contributed by atoms with van der Waals surface area (Å²) >= 11 is 0. The van der Waals surface area contributed by atoms with Gasteiger partial charge < -0.3 is 19.9 Å². The highest BCUT2D eigenvalue weighted by Crippen LogP contribution is 2.34. The molecule has 0 radical (unpaired) electrons. The fraction of sp³-hybridized carbons (Fsp3) is 0.263. The lowest BCUT2D eigenvalue weighted by Crippen LogP contribution is -2.42. The maximum atomic E-state index is 12.4. The van der Waals surface area contributed by atoms with Crippen LogP contribution in [0.4, 0.5) is 0 Å². The fourth-order valence-electron chi connectivity index (χ4n) is 2.91. The maximum Gasteiger partial charge on any atom is 0.307 e. The van der Waals surface area contributed by atoms with Crippen LogP contribution in [0.5, 0.6) is 11.5 Å². The van der Waals surface area contributed by atoms with Crippen LogP contribution < -0.4 is 14.8 Å². The second-order valence-corrected chi connectivity index (χ2v) is 5.90. The molecule has 0 aliphatic carbocycles. The molecule has 0 aromatic heterocycles. The number of nitrogens with one attached hydrogen (secondary N) is 1. The van der Waals surface area contributed by atoms with Gasteiger partial charge in [-0.05, 0) is 30.2 Å². The smallest absolute Gasteiger partial charge is 0.307 e. The maximum absolute atomic E-state index is 12.4. The average Bonchev–Trinajstić information content (AvgIpc) is 2.60. The van der Waals surface area contributed by atoms with E-state index in [1.165, 1.54) is 0 Å². The molecule has 25 heavy (non-hydrogen) atoms. The zero-order valence-corrected chi connectivity index (χ0v) is 13.8. The van der Waals surface area contributed by atoms with Gasteiger partial charge in [0.25, 0.3) is 5.91 Å². The van der Waals surface area contributed by atoms with Gasteiger partial charge in [0.2, 0.25) is 0 Å². The zero-order valence-electron chi connectivity index (χ0n) is 13.8. The Labute approximate surface area is 145 Å². The van der Waals surface area contributed by atoms with E-state index in [2.05, 4.69) is 5.32 Å². The lowest BCUT2D eigenvalue weighted by atomic mass is 10.0. The molecular formula is C19H19NO5. The van der Waals surface area contributed by atoms with Crippen molar-refractivity contribution in [2.24, 2.45) is 0 Å². The van der Waals surface area contributed by atoms with Gasteiger partial charge in [0.05, 0.1) is 19.6 Å². The molecule has 2 N–H and O–H groups in total. The van der Waals surface area contributed by atoms with Crippen molar-refractivity contribution in [3.8, 4) is 11.5 Å². The van der Waals surface area contributed by atoms with Crippen molar-refractivity contribution in [2.45, 2.75) is 18.9 Å². The number of aliphatic carboxylic acids is 1. The van der Waals surface area contributed by atoms with E-state index in [-0.39, 0.29) is 18.4 Å². The van der Waals surface area contributed by atoms with E-state index in [1.807, 2.05) is 18.2 Å². The minimum Gasteiger partial charge on any atom is -0.493 e. The Morgan fingerprint density at radius 3 is 2.84 bits per heavy atom. The molecule has 2 aromatic carbocycles. The summed E-state index contributed by atoms with van der Waals surface area (Å²) in [5, 5.41) is 11.8. The Hall–Kier alpha value is -3.02. The molecule has 0 saturated carbocycles. The minimum absolute atomic E-state index is 0.110. The third-order valence-corrected chi connectivity index (χ3v) is 4.06. The predicted molar refractivity (Wildman–Crippen MR) is 91.2 cm³/mol. The van der Waals surface area contributed by atoms with Gasteiger partial charge in [-0.25, -0.2) is 0 Å². The van der Waals surface area contributed by atoms with Gasteiger partial charge in [-0.15, -0.1) is 0 Å². The monoisotopic (exact) mass is 341 g/mol. The van der Waals surface area contributed by atoms with Crippen LogP contribution in [0.25, 0.3) is 0 Å². The van der Waals surface area contributed by atoms with Crippen molar-refractivity contribution in [3.63, 3.8) is 0 Å². The Kier molecular flexibility index (Phi) is 4.88. The van der Waals surface area contributed by atoms with Crippen LogP contribution in [0.15, 0.2) is 42.5 Å². The van der Waals surface area contributed by atoms with E-state index in [9.17, 15) is 9.59 Å². The minimum atomic E-state index is -0.927. The summed E-state index contributed by atoms with van der Waals surface area (Å²) in [6.07, 6.45) is 0.536. The summed E-state index contributed by atoms with van der Waals surface area (Å²) in [5.74, 6) is 0.235. The number of carbonyl (C=O) groups is 2. The van der Waals surface area contributed by atoms with E-state index >= 15 is 0 Å². The Balaban J connectivity index is 1.69. The topological polar surface area (TPSA) is 84.9 Å². The molecule has 0 fully saturated rings. The standard InChI is InChI=1S/C19H19NO5/c1-24-16-7-3-5-13-10-15(11-25-18(13)16)20-19(23)14-6-2-4-12(8-14)9-17(21)22/h2-8,15H,9-11H2,1H3,(H,20,23)(H,21,22). The lowest BCUT2D eigenvalue weighted by molar-refractivity contribution is -0.136. The van der Waals surface area contributed by atoms with Crippen LogP contribution in [0.2, 0.25) is 0 Å². The second-order valence-electron chi connectivity index (χ2n) is 5.90. The van der Waals surface area contributed by atoms with Crippen LogP contribution in [-0.2, 0) is 17.6 Å². The lowest BCUT2D eigenvalue weighted by Gasteiger charge is -2.27. The molecule has 6 heteroatoms. The van der Waals surface area contributed by atoms with Crippen LogP contribution >= 0.6 is 0 Å². The predicted octanol–water partition coefficient (Wildman–Crippen LogP) is 2.06. The first-order valence-electron chi connectivity index (χ1n) is 7.97. The normalized spacial score (nSPS) is 15.6. The highest BCUT2D eigenvalue weighted by Gasteiger charge is 2.24. The summed E-state index contributed by atoms with van der Waals surface area (Å²) in [6, 6.07) is 12.2. The zero-order chi connectivity index (χ0) is 17.8. The summed E-state index contributed by atoms with van der Waals surface area (Å²) < 4.78 is 11.0. The van der Waals surface area contributed by atoms with Crippen molar-refractivity contribution < 1.29 is 24.2 Å². The van der Waals surface area contributed by atoms with Crippen LogP contribution in [0.3, 0.4) is 0 Å². The van der Waals surface area contributed by atoms with E-state index in [1.54, 1.807) is 31.4 Å². The second kappa shape index (κ2) is 7.25. The Bertz CT molecular complexity index is 802. The van der Waals surface area contributed by atoms with Crippen molar-refractivity contribution in [3.05, 3.63) is 59.2 Å². The van der Waals surface area contributed by atoms with E-state index in [0.717, 1.165) is 11.3 Å². The number of hydrogen-bond donors (Lipinski definition) is 2. The van der Waals surface area contributed by atoms with Gasteiger partial charge in [0.15, 0.2) is 11.5 Å².